The Morgan fingerprint density at radius 2 is 0.391 bits per heavy atom. The minimum absolute atomic E-state index is 0.482. The molecule has 25 rings (SSSR count). The summed E-state index contributed by atoms with van der Waals surface area (Å²) >= 11 is 0. The number of benzene rings is 19. The standard InChI is InChI=1S/C64H41N3.C58H37N3/c1-4-17-42(18-5-1)43-31-35-45(36-32-43)61-53-27-12-15-30-60(53)66-63(67-61)48-20-16-19-47(39-48)44-33-37-46(38-34-44)62-56-40-55-51-25-10-13-28-57(51)64(49-21-6-2-7-22-49,50-23-8-3-9-24-50)58(55)41-54(56)52-26-11-14-29-59(52)65-62;1-4-17-39(18-5-1)55-47-27-12-15-30-54(47)60-57(61-55)42-20-16-19-41(35-42)38-31-33-40(34-32-38)56-50-36-49-45-25-10-13-28-51(45)58(43-21-6-2-7-22-43,44-23-8-3-9-24-44)52(49)37-48(50)46-26-11-14-29-53(46)59-56/h1-41H;1-37H. The molecule has 0 N–H and O–H groups in total. The first-order valence-electron chi connectivity index (χ1n) is 43.8. The summed E-state index contributed by atoms with van der Waals surface area (Å²) in [4.78, 5) is 31.4. The van der Waals surface area contributed by atoms with E-state index in [9.17, 15) is 0 Å². The number of hydrogen-bond acceptors (Lipinski definition) is 6. The van der Waals surface area contributed by atoms with Crippen molar-refractivity contribution in [2.45, 2.75) is 10.8 Å². The van der Waals surface area contributed by atoms with Gasteiger partial charge in [-0.15, -0.1) is 0 Å². The minimum Gasteiger partial charge on any atom is -0.247 e. The molecule has 2 aliphatic carbocycles. The van der Waals surface area contributed by atoms with Gasteiger partial charge in [-0.25, -0.2) is 29.9 Å². The first-order valence-corrected chi connectivity index (χ1v) is 43.8. The zero-order chi connectivity index (χ0) is 84.6. The van der Waals surface area contributed by atoms with E-state index in [4.69, 9.17) is 29.9 Å². The zero-order valence-electron chi connectivity index (χ0n) is 69.7. The maximum Gasteiger partial charge on any atom is 0.160 e. The van der Waals surface area contributed by atoms with E-state index in [1.54, 1.807) is 0 Å². The number of nitrogens with zero attached hydrogens (tertiary/aromatic N) is 6. The molecule has 0 atom stereocenters. The average Bonchev–Trinajstić information content (AvgIpc) is 1.53. The molecule has 596 valence electrons. The molecule has 19 aromatic carbocycles. The Balaban J connectivity index is 0.000000143. The van der Waals surface area contributed by atoms with E-state index in [2.05, 4.69) is 443 Å². The third-order valence-corrected chi connectivity index (χ3v) is 26.3. The van der Waals surface area contributed by atoms with Crippen LogP contribution in [0.2, 0.25) is 0 Å². The molecule has 6 heteroatoms. The second-order valence-corrected chi connectivity index (χ2v) is 33.3. The van der Waals surface area contributed by atoms with Crippen molar-refractivity contribution >= 4 is 65.2 Å². The highest BCUT2D eigenvalue weighted by atomic mass is 14.9. The van der Waals surface area contributed by atoms with Gasteiger partial charge in [-0.2, -0.15) is 0 Å². The van der Waals surface area contributed by atoms with E-state index in [0.29, 0.717) is 11.6 Å². The van der Waals surface area contributed by atoms with Gasteiger partial charge >= 0.3 is 0 Å². The predicted octanol–water partition coefficient (Wildman–Crippen LogP) is 30.4. The van der Waals surface area contributed by atoms with E-state index >= 15 is 0 Å². The predicted molar refractivity (Wildman–Crippen MR) is 528 cm³/mol. The quantitative estimate of drug-likeness (QED) is 0.107. The van der Waals surface area contributed by atoms with Gasteiger partial charge in [0.2, 0.25) is 0 Å². The molecule has 4 heterocycles. The van der Waals surface area contributed by atoms with Crippen LogP contribution in [0, 0.1) is 0 Å². The van der Waals surface area contributed by atoms with Crippen molar-refractivity contribution in [2.75, 3.05) is 0 Å². The van der Waals surface area contributed by atoms with Crippen LogP contribution in [0.3, 0.4) is 0 Å². The number of rotatable bonds is 13. The molecule has 6 nitrogen and oxygen atoms in total. The van der Waals surface area contributed by atoms with Crippen molar-refractivity contribution < 1.29 is 0 Å². The van der Waals surface area contributed by atoms with Gasteiger partial charge < -0.3 is 0 Å². The lowest BCUT2D eigenvalue weighted by molar-refractivity contribution is 0.769. The van der Waals surface area contributed by atoms with E-state index < -0.39 is 10.8 Å². The monoisotopic (exact) mass is 1630 g/mol. The first-order chi connectivity index (χ1) is 63.4. The summed E-state index contributed by atoms with van der Waals surface area (Å²) in [5.41, 5.74) is 34.8. The molecule has 4 aromatic heterocycles. The summed E-state index contributed by atoms with van der Waals surface area (Å²) < 4.78 is 0. The molecule has 23 aromatic rings. The Morgan fingerprint density at radius 3 is 0.766 bits per heavy atom. The van der Waals surface area contributed by atoms with Gasteiger partial charge in [0.05, 0.1) is 55.7 Å². The molecule has 0 saturated carbocycles. The van der Waals surface area contributed by atoms with Crippen LogP contribution in [0.5, 0.6) is 0 Å². The zero-order valence-corrected chi connectivity index (χ0v) is 69.7. The molecule has 128 heavy (non-hydrogen) atoms. The van der Waals surface area contributed by atoms with Crippen LogP contribution in [-0.2, 0) is 10.8 Å². The van der Waals surface area contributed by atoms with Gasteiger partial charge in [0.15, 0.2) is 11.6 Å². The van der Waals surface area contributed by atoms with Crippen LogP contribution < -0.4 is 0 Å². The third kappa shape index (κ3) is 12.5. The third-order valence-electron chi connectivity index (χ3n) is 26.3. The van der Waals surface area contributed by atoms with Gasteiger partial charge in [0.25, 0.3) is 0 Å². The van der Waals surface area contributed by atoms with Gasteiger partial charge in [-0.3, -0.25) is 0 Å². The molecular weight excluding hydrogens is 1550 g/mol. The largest absolute Gasteiger partial charge is 0.247 e. The van der Waals surface area contributed by atoms with E-state index in [1.165, 1.54) is 88.7 Å². The molecule has 0 unspecified atom stereocenters. The second kappa shape index (κ2) is 31.2. The van der Waals surface area contributed by atoms with Crippen molar-refractivity contribution in [3.05, 3.63) is 518 Å². The smallest absolute Gasteiger partial charge is 0.160 e. The first kappa shape index (κ1) is 75.0. The fraction of sp³-hybridized carbons (Fsp3) is 0.0164. The van der Waals surface area contributed by atoms with Crippen LogP contribution in [0.4, 0.5) is 0 Å². The van der Waals surface area contributed by atoms with Gasteiger partial charge in [0.1, 0.15) is 0 Å². The normalized spacial score (nSPS) is 12.7. The summed E-state index contributed by atoms with van der Waals surface area (Å²) in [6.07, 6.45) is 0. The van der Waals surface area contributed by atoms with Crippen molar-refractivity contribution in [3.63, 3.8) is 0 Å². The molecule has 0 amide bonds. The van der Waals surface area contributed by atoms with Crippen molar-refractivity contribution in [1.29, 1.82) is 0 Å². The highest BCUT2D eigenvalue weighted by Crippen LogP contribution is 2.60. The van der Waals surface area contributed by atoms with E-state index in [-0.39, 0.29) is 0 Å². The highest BCUT2D eigenvalue weighted by Gasteiger charge is 2.48. The molecular formula is C122H78N6. The van der Waals surface area contributed by atoms with Crippen molar-refractivity contribution in [1.82, 2.24) is 29.9 Å². The minimum atomic E-state index is -0.489. The number of pyridine rings is 2. The maximum absolute atomic E-state index is 5.43. The van der Waals surface area contributed by atoms with E-state index in [1.807, 2.05) is 30.3 Å². The topological polar surface area (TPSA) is 77.3 Å². The van der Waals surface area contributed by atoms with Crippen LogP contribution in [-0.4, -0.2) is 29.9 Å². The number of aromatic nitrogens is 6. The molecule has 2 aliphatic rings. The lowest BCUT2D eigenvalue weighted by Crippen LogP contribution is -2.28. The summed E-state index contributed by atoms with van der Waals surface area (Å²) in [5.74, 6) is 1.41. The molecule has 0 fully saturated rings. The second-order valence-electron chi connectivity index (χ2n) is 33.3. The Labute approximate surface area is 741 Å². The lowest BCUT2D eigenvalue weighted by Gasteiger charge is -2.34. The SMILES string of the molecule is c1ccc(-c2ccc(-c3nc(-c4cccc(-c5ccc(-c6nc7ccccc7c7cc8c(cc67)-c6ccccc6C8(c6ccccc6)c6ccccc6)cc5)c4)nc4ccccc34)cc2)cc1.c1ccc(-c2nc(-c3cccc(-c4ccc(-c5nc6ccccc6c6cc7c(cc56)-c5ccccc5C7(c5ccccc5)c5ccccc5)cc4)c3)nc3ccccc23)cc1. The molecule has 0 saturated heterocycles. The van der Waals surface area contributed by atoms with Crippen LogP contribution in [0.25, 0.3) is 189 Å². The Hall–Kier alpha value is -16.8. The summed E-state index contributed by atoms with van der Waals surface area (Å²) in [5, 5.41) is 9.04. The molecule has 0 spiro atoms. The number of para-hydroxylation sites is 4. The molecule has 0 bridgehead atoms. The number of hydrogen-bond donors (Lipinski definition) is 0. The van der Waals surface area contributed by atoms with Crippen LogP contribution in [0.1, 0.15) is 44.5 Å². The van der Waals surface area contributed by atoms with Crippen molar-refractivity contribution in [2.24, 2.45) is 0 Å². The number of fused-ring (bicyclic) bond motifs is 14. The Bertz CT molecular complexity index is 8170. The van der Waals surface area contributed by atoms with Crippen molar-refractivity contribution in [3.8, 4) is 123 Å². The highest BCUT2D eigenvalue weighted by molar-refractivity contribution is 6.15. The van der Waals surface area contributed by atoms with Crippen LogP contribution >= 0.6 is 0 Å². The fourth-order valence-corrected chi connectivity index (χ4v) is 20.4. The van der Waals surface area contributed by atoms with Crippen LogP contribution in [0.15, 0.2) is 473 Å². The lowest BCUT2D eigenvalue weighted by atomic mass is 9.67. The van der Waals surface area contributed by atoms with Gasteiger partial charge in [-0.1, -0.05) is 413 Å². The van der Waals surface area contributed by atoms with Gasteiger partial charge in [-0.05, 0) is 172 Å². The average molecular weight is 1630 g/mol. The Kier molecular flexibility index (Phi) is 18.3. The fourth-order valence-electron chi connectivity index (χ4n) is 20.4. The molecule has 0 aliphatic heterocycles. The summed E-state index contributed by atoms with van der Waals surface area (Å²) in [7, 11) is 0. The summed E-state index contributed by atoms with van der Waals surface area (Å²) in [6, 6.07) is 170. The van der Waals surface area contributed by atoms with E-state index in [0.717, 1.165) is 133 Å². The maximum atomic E-state index is 5.43. The molecule has 0 radical (unpaired) electrons. The summed E-state index contributed by atoms with van der Waals surface area (Å²) in [6.45, 7) is 0. The Morgan fingerprint density at radius 1 is 0.133 bits per heavy atom. The van der Waals surface area contributed by atoms with Gasteiger partial charge in [0, 0.05) is 65.7 Å².